The van der Waals surface area contributed by atoms with Crippen LogP contribution in [-0.2, 0) is 4.79 Å². The van der Waals surface area contributed by atoms with Crippen LogP contribution in [0.3, 0.4) is 0 Å². The van der Waals surface area contributed by atoms with E-state index in [-0.39, 0.29) is 17.9 Å². The molecule has 3 atom stereocenters. The minimum atomic E-state index is 0.0373. The van der Waals surface area contributed by atoms with Crippen LogP contribution in [0.25, 0.3) is 0 Å². The number of amides is 1. The molecule has 2 N–H and O–H groups in total. The van der Waals surface area contributed by atoms with E-state index in [2.05, 4.69) is 6.92 Å². The first-order valence-electron chi connectivity index (χ1n) is 5.51. The van der Waals surface area contributed by atoms with Crippen LogP contribution < -0.4 is 5.73 Å². The molecule has 3 nitrogen and oxygen atoms in total. The lowest BCUT2D eigenvalue weighted by atomic mass is 10.1. The van der Waals surface area contributed by atoms with Crippen LogP contribution in [0.15, 0.2) is 12.2 Å². The summed E-state index contributed by atoms with van der Waals surface area (Å²) in [4.78, 5) is 14.1. The van der Waals surface area contributed by atoms with Crippen LogP contribution in [-0.4, -0.2) is 40.9 Å². The van der Waals surface area contributed by atoms with Gasteiger partial charge in [0.2, 0.25) is 5.91 Å². The lowest BCUT2D eigenvalue weighted by Gasteiger charge is -2.32. The highest BCUT2D eigenvalue weighted by molar-refractivity contribution is 7.99. The van der Waals surface area contributed by atoms with Gasteiger partial charge in [0, 0.05) is 30.1 Å². The fourth-order valence-corrected chi connectivity index (χ4v) is 3.18. The topological polar surface area (TPSA) is 46.3 Å². The lowest BCUT2D eigenvalue weighted by molar-refractivity contribution is -0.133. The fraction of sp³-hybridized carbons (Fsp3) is 0.727. The molecule has 0 bridgehead atoms. The van der Waals surface area contributed by atoms with Crippen molar-refractivity contribution in [2.45, 2.75) is 24.6 Å². The molecule has 2 aliphatic rings. The third kappa shape index (κ3) is 2.55. The molecule has 1 saturated heterocycles. The first-order chi connectivity index (χ1) is 7.16. The lowest BCUT2D eigenvalue weighted by Crippen LogP contribution is -2.43. The maximum absolute atomic E-state index is 12.1. The van der Waals surface area contributed by atoms with Gasteiger partial charge < -0.3 is 10.6 Å². The average Bonchev–Trinajstić information content (AvgIpc) is 2.64. The number of nitrogens with two attached hydrogens (primary N) is 1. The second-order valence-corrected chi connectivity index (χ2v) is 5.90. The van der Waals surface area contributed by atoms with Gasteiger partial charge in [-0.3, -0.25) is 4.79 Å². The summed E-state index contributed by atoms with van der Waals surface area (Å²) in [6, 6.07) is 0.0792. The van der Waals surface area contributed by atoms with Crippen molar-refractivity contribution in [1.29, 1.82) is 0 Å². The van der Waals surface area contributed by atoms with Crippen molar-refractivity contribution in [3.05, 3.63) is 12.2 Å². The third-order valence-corrected chi connectivity index (χ3v) is 4.12. The van der Waals surface area contributed by atoms with Crippen LogP contribution in [0.1, 0.15) is 13.3 Å². The predicted octanol–water partition coefficient (Wildman–Crippen LogP) is 0.854. The smallest absolute Gasteiger partial charge is 0.229 e. The van der Waals surface area contributed by atoms with Crippen molar-refractivity contribution in [3.63, 3.8) is 0 Å². The molecule has 0 aromatic heterocycles. The molecule has 0 radical (unpaired) electrons. The Balaban J connectivity index is 1.93. The summed E-state index contributed by atoms with van der Waals surface area (Å²) >= 11 is 1.95. The average molecular weight is 226 g/mol. The first kappa shape index (κ1) is 11.0. The molecule has 2 rings (SSSR count). The number of nitrogens with zero attached hydrogens (tertiary/aromatic N) is 1. The molecule has 1 heterocycles. The van der Waals surface area contributed by atoms with Crippen molar-refractivity contribution in [2.24, 2.45) is 11.7 Å². The minimum absolute atomic E-state index is 0.0373. The summed E-state index contributed by atoms with van der Waals surface area (Å²) in [6.07, 6.45) is 4.71. The van der Waals surface area contributed by atoms with E-state index in [1.807, 2.05) is 28.8 Å². The van der Waals surface area contributed by atoms with Crippen LogP contribution in [0.5, 0.6) is 0 Å². The summed E-state index contributed by atoms with van der Waals surface area (Å²) in [5.74, 6) is 1.37. The highest BCUT2D eigenvalue weighted by atomic mass is 32.2. The Labute approximate surface area is 95.1 Å². The van der Waals surface area contributed by atoms with Gasteiger partial charge in [-0.2, -0.15) is 11.8 Å². The molecule has 84 valence electrons. The number of rotatable bonds is 1. The molecule has 0 spiro atoms. The minimum Gasteiger partial charge on any atom is -0.340 e. The first-order valence-corrected chi connectivity index (χ1v) is 6.56. The number of thioether (sulfide) groups is 1. The summed E-state index contributed by atoms with van der Waals surface area (Å²) in [5, 5.41) is 0.571. The normalized spacial score (nSPS) is 35.9. The predicted molar refractivity (Wildman–Crippen MR) is 63.7 cm³/mol. The third-order valence-electron chi connectivity index (χ3n) is 2.99. The number of hydrogen-bond acceptors (Lipinski definition) is 3. The second kappa shape index (κ2) is 4.58. The Bertz CT molecular complexity index is 280. The molecular formula is C11H18N2OS. The molecule has 4 heteroatoms. The fourth-order valence-electron chi connectivity index (χ4n) is 2.16. The Morgan fingerprint density at radius 1 is 1.53 bits per heavy atom. The van der Waals surface area contributed by atoms with E-state index in [9.17, 15) is 4.79 Å². The van der Waals surface area contributed by atoms with Gasteiger partial charge in [-0.1, -0.05) is 19.1 Å². The number of hydrogen-bond donors (Lipinski definition) is 1. The Kier molecular flexibility index (Phi) is 3.36. The van der Waals surface area contributed by atoms with E-state index in [1.54, 1.807) is 0 Å². The molecule has 15 heavy (non-hydrogen) atoms. The highest BCUT2D eigenvalue weighted by Crippen LogP contribution is 2.23. The van der Waals surface area contributed by atoms with Gasteiger partial charge in [0.25, 0.3) is 0 Å². The summed E-state index contributed by atoms with van der Waals surface area (Å²) in [5.41, 5.74) is 5.76. The van der Waals surface area contributed by atoms with E-state index < -0.39 is 0 Å². The van der Waals surface area contributed by atoms with Crippen molar-refractivity contribution >= 4 is 17.7 Å². The van der Waals surface area contributed by atoms with E-state index in [4.69, 9.17) is 5.73 Å². The maximum Gasteiger partial charge on any atom is 0.229 e. The van der Waals surface area contributed by atoms with Crippen molar-refractivity contribution in [2.75, 3.05) is 18.8 Å². The zero-order chi connectivity index (χ0) is 10.8. The number of carbonyl (C=O) groups excluding carboxylic acids is 1. The van der Waals surface area contributed by atoms with Gasteiger partial charge >= 0.3 is 0 Å². The van der Waals surface area contributed by atoms with Crippen molar-refractivity contribution in [1.82, 2.24) is 4.90 Å². The maximum atomic E-state index is 12.1. The Hall–Kier alpha value is -0.480. The summed E-state index contributed by atoms with van der Waals surface area (Å²) < 4.78 is 0. The molecule has 0 aromatic carbocycles. The van der Waals surface area contributed by atoms with E-state index in [1.165, 1.54) is 0 Å². The van der Waals surface area contributed by atoms with Crippen LogP contribution in [0.4, 0.5) is 0 Å². The Morgan fingerprint density at radius 2 is 2.33 bits per heavy atom. The van der Waals surface area contributed by atoms with Crippen LogP contribution >= 0.6 is 11.8 Å². The highest BCUT2D eigenvalue weighted by Gasteiger charge is 2.29. The summed E-state index contributed by atoms with van der Waals surface area (Å²) in [7, 11) is 0. The quantitative estimate of drug-likeness (QED) is 0.674. The standard InChI is InChI=1S/C11H18N2OS/c1-8-7-13(4-5-15-8)11(14)9-2-3-10(12)6-9/h2-3,8-10H,4-7,12H2,1H3. The molecule has 1 aliphatic heterocycles. The van der Waals surface area contributed by atoms with Gasteiger partial charge in [0.1, 0.15) is 0 Å². The van der Waals surface area contributed by atoms with E-state index >= 15 is 0 Å². The van der Waals surface area contributed by atoms with E-state index in [0.717, 1.165) is 25.3 Å². The Morgan fingerprint density at radius 3 is 2.93 bits per heavy atom. The van der Waals surface area contributed by atoms with Gasteiger partial charge in [-0.25, -0.2) is 0 Å². The number of carbonyl (C=O) groups is 1. The van der Waals surface area contributed by atoms with Crippen LogP contribution in [0, 0.1) is 5.92 Å². The zero-order valence-electron chi connectivity index (χ0n) is 9.06. The molecular weight excluding hydrogens is 208 g/mol. The molecule has 3 unspecified atom stereocenters. The van der Waals surface area contributed by atoms with Gasteiger partial charge in [0.05, 0.1) is 5.92 Å². The van der Waals surface area contributed by atoms with Crippen molar-refractivity contribution < 1.29 is 4.79 Å². The van der Waals surface area contributed by atoms with Gasteiger partial charge in [-0.05, 0) is 6.42 Å². The van der Waals surface area contributed by atoms with Crippen LogP contribution in [0.2, 0.25) is 0 Å². The van der Waals surface area contributed by atoms with Gasteiger partial charge in [0.15, 0.2) is 0 Å². The SMILES string of the molecule is CC1CN(C(=O)C2C=CC(N)C2)CCS1. The molecule has 0 aromatic rings. The zero-order valence-corrected chi connectivity index (χ0v) is 9.87. The van der Waals surface area contributed by atoms with Crippen molar-refractivity contribution in [3.8, 4) is 0 Å². The van der Waals surface area contributed by atoms with E-state index in [0.29, 0.717) is 5.25 Å². The second-order valence-electron chi connectivity index (χ2n) is 4.36. The van der Waals surface area contributed by atoms with Gasteiger partial charge in [-0.15, -0.1) is 0 Å². The summed E-state index contributed by atoms with van der Waals surface area (Å²) in [6.45, 7) is 3.97. The molecule has 0 saturated carbocycles. The molecule has 1 aliphatic carbocycles. The molecule has 1 amide bonds. The molecule has 1 fully saturated rings. The monoisotopic (exact) mass is 226 g/mol. The largest absolute Gasteiger partial charge is 0.340 e.